The maximum atomic E-state index is 5.44. The Morgan fingerprint density at radius 2 is 1.93 bits per heavy atom. The summed E-state index contributed by atoms with van der Waals surface area (Å²) in [5.41, 5.74) is 3.03. The lowest BCUT2D eigenvalue weighted by Crippen LogP contribution is -1.95. The van der Waals surface area contributed by atoms with Gasteiger partial charge in [-0.1, -0.05) is 44.4 Å². The van der Waals surface area contributed by atoms with Gasteiger partial charge in [-0.2, -0.15) is 0 Å². The Labute approximate surface area is 88.1 Å². The van der Waals surface area contributed by atoms with Gasteiger partial charge in [-0.05, 0) is 31.1 Å². The molecule has 0 radical (unpaired) electrons. The molecule has 0 heteroatoms. The van der Waals surface area contributed by atoms with Crippen LogP contribution in [-0.2, 0) is 0 Å². The summed E-state index contributed by atoms with van der Waals surface area (Å²) in [6, 6.07) is 0. The van der Waals surface area contributed by atoms with Crippen LogP contribution in [-0.4, -0.2) is 0 Å². The first-order valence-corrected chi connectivity index (χ1v) is 5.35. The molecule has 0 aliphatic heterocycles. The average molecular weight is 188 g/mol. The van der Waals surface area contributed by atoms with Gasteiger partial charge in [0.2, 0.25) is 0 Å². The van der Waals surface area contributed by atoms with Crippen molar-refractivity contribution in [2.75, 3.05) is 0 Å². The molecule has 1 saturated carbocycles. The fourth-order valence-corrected chi connectivity index (χ4v) is 1.41. The SMILES string of the molecule is C#CC(=CC=C(C)C1(C)CC1)C(C)C. The molecule has 1 aliphatic rings. The largest absolute Gasteiger partial charge is 0.115 e. The van der Waals surface area contributed by atoms with Crippen molar-refractivity contribution in [3.05, 3.63) is 23.3 Å². The fraction of sp³-hybridized carbons (Fsp3) is 0.571. The van der Waals surface area contributed by atoms with Crippen molar-refractivity contribution in [3.63, 3.8) is 0 Å². The van der Waals surface area contributed by atoms with E-state index in [2.05, 4.69) is 45.8 Å². The maximum Gasteiger partial charge on any atom is 0.00430 e. The highest BCUT2D eigenvalue weighted by molar-refractivity contribution is 5.33. The van der Waals surface area contributed by atoms with Crippen molar-refractivity contribution < 1.29 is 0 Å². The molecule has 0 bridgehead atoms. The highest BCUT2D eigenvalue weighted by atomic mass is 14.4. The Hall–Kier alpha value is -0.960. The molecule has 0 aromatic carbocycles. The number of hydrogen-bond acceptors (Lipinski definition) is 0. The Morgan fingerprint density at radius 1 is 1.36 bits per heavy atom. The first kappa shape index (κ1) is 11.1. The van der Waals surface area contributed by atoms with Gasteiger partial charge in [-0.3, -0.25) is 0 Å². The third-order valence-corrected chi connectivity index (χ3v) is 3.25. The van der Waals surface area contributed by atoms with E-state index in [0.29, 0.717) is 11.3 Å². The van der Waals surface area contributed by atoms with E-state index in [9.17, 15) is 0 Å². The second-order valence-electron chi connectivity index (χ2n) is 4.83. The number of rotatable bonds is 3. The van der Waals surface area contributed by atoms with Crippen LogP contribution in [0.4, 0.5) is 0 Å². The van der Waals surface area contributed by atoms with Gasteiger partial charge in [0.15, 0.2) is 0 Å². The number of allylic oxidation sites excluding steroid dienone is 4. The summed E-state index contributed by atoms with van der Waals surface area (Å²) >= 11 is 0. The van der Waals surface area contributed by atoms with Crippen molar-refractivity contribution in [2.24, 2.45) is 11.3 Å². The van der Waals surface area contributed by atoms with E-state index >= 15 is 0 Å². The van der Waals surface area contributed by atoms with Gasteiger partial charge < -0.3 is 0 Å². The summed E-state index contributed by atoms with van der Waals surface area (Å²) in [4.78, 5) is 0. The van der Waals surface area contributed by atoms with Gasteiger partial charge in [0.1, 0.15) is 0 Å². The molecule has 0 amide bonds. The van der Waals surface area contributed by atoms with E-state index < -0.39 is 0 Å². The molecule has 0 aromatic rings. The second kappa shape index (κ2) is 4.05. The minimum absolute atomic E-state index is 0.455. The molecule has 1 rings (SSSR count). The van der Waals surface area contributed by atoms with Gasteiger partial charge in [-0.15, -0.1) is 6.42 Å². The Bertz CT molecular complexity index is 303. The van der Waals surface area contributed by atoms with Crippen molar-refractivity contribution in [1.82, 2.24) is 0 Å². The molecule has 0 aromatic heterocycles. The molecule has 0 unspecified atom stereocenters. The summed E-state index contributed by atoms with van der Waals surface area (Å²) in [5.74, 6) is 3.20. The van der Waals surface area contributed by atoms with E-state index in [1.54, 1.807) is 0 Å². The molecular formula is C14H20. The van der Waals surface area contributed by atoms with E-state index in [1.165, 1.54) is 18.4 Å². The quantitative estimate of drug-likeness (QED) is 0.465. The van der Waals surface area contributed by atoms with E-state index in [4.69, 9.17) is 6.42 Å². The molecule has 0 nitrogen and oxygen atoms in total. The van der Waals surface area contributed by atoms with Crippen LogP contribution in [0.15, 0.2) is 23.3 Å². The second-order valence-corrected chi connectivity index (χ2v) is 4.83. The molecule has 0 spiro atoms. The molecule has 14 heavy (non-hydrogen) atoms. The van der Waals surface area contributed by atoms with E-state index in [0.717, 1.165) is 5.57 Å². The third-order valence-electron chi connectivity index (χ3n) is 3.25. The first-order chi connectivity index (χ1) is 6.49. The Morgan fingerprint density at radius 3 is 2.29 bits per heavy atom. The molecule has 1 aliphatic carbocycles. The van der Waals surface area contributed by atoms with Gasteiger partial charge in [0.05, 0.1) is 0 Å². The lowest BCUT2D eigenvalue weighted by atomic mass is 9.97. The van der Waals surface area contributed by atoms with Crippen LogP contribution < -0.4 is 0 Å². The van der Waals surface area contributed by atoms with Gasteiger partial charge in [0.25, 0.3) is 0 Å². The normalized spacial score (nSPS) is 20.9. The summed E-state index contributed by atoms with van der Waals surface area (Å²) in [5, 5.41) is 0. The predicted molar refractivity (Wildman–Crippen MR) is 62.9 cm³/mol. The zero-order chi connectivity index (χ0) is 10.8. The van der Waals surface area contributed by atoms with Crippen LogP contribution >= 0.6 is 0 Å². The Balaban J connectivity index is 2.73. The number of terminal acetylenes is 1. The fourth-order valence-electron chi connectivity index (χ4n) is 1.41. The zero-order valence-electron chi connectivity index (χ0n) is 9.72. The van der Waals surface area contributed by atoms with Crippen LogP contribution in [0.5, 0.6) is 0 Å². The summed E-state index contributed by atoms with van der Waals surface area (Å²) in [6.07, 6.45) is 12.4. The monoisotopic (exact) mass is 188 g/mol. The molecule has 76 valence electrons. The molecule has 0 heterocycles. The van der Waals surface area contributed by atoms with Gasteiger partial charge in [0, 0.05) is 5.57 Å². The summed E-state index contributed by atoms with van der Waals surface area (Å²) in [6.45, 7) is 8.79. The van der Waals surface area contributed by atoms with E-state index in [-0.39, 0.29) is 0 Å². The van der Waals surface area contributed by atoms with Crippen molar-refractivity contribution in [2.45, 2.75) is 40.5 Å². The van der Waals surface area contributed by atoms with Gasteiger partial charge >= 0.3 is 0 Å². The summed E-state index contributed by atoms with van der Waals surface area (Å²) < 4.78 is 0. The lowest BCUT2D eigenvalue weighted by molar-refractivity contribution is 0.689. The highest BCUT2D eigenvalue weighted by Crippen LogP contribution is 2.51. The zero-order valence-corrected chi connectivity index (χ0v) is 9.72. The van der Waals surface area contributed by atoms with Gasteiger partial charge in [-0.25, -0.2) is 0 Å². The highest BCUT2D eigenvalue weighted by Gasteiger charge is 2.38. The van der Waals surface area contributed by atoms with Crippen LogP contribution in [0.3, 0.4) is 0 Å². The van der Waals surface area contributed by atoms with Crippen molar-refractivity contribution >= 4 is 0 Å². The van der Waals surface area contributed by atoms with Crippen LogP contribution in [0.25, 0.3) is 0 Å². The first-order valence-electron chi connectivity index (χ1n) is 5.35. The minimum atomic E-state index is 0.455. The van der Waals surface area contributed by atoms with Crippen LogP contribution in [0.2, 0.25) is 0 Å². The van der Waals surface area contributed by atoms with Crippen molar-refractivity contribution in [1.29, 1.82) is 0 Å². The van der Waals surface area contributed by atoms with E-state index in [1.807, 2.05) is 0 Å². The van der Waals surface area contributed by atoms with Crippen molar-refractivity contribution in [3.8, 4) is 12.3 Å². The topological polar surface area (TPSA) is 0 Å². The molecule has 1 fully saturated rings. The summed E-state index contributed by atoms with van der Waals surface area (Å²) in [7, 11) is 0. The smallest absolute Gasteiger partial charge is 0.00430 e. The third kappa shape index (κ3) is 2.51. The van der Waals surface area contributed by atoms with Crippen LogP contribution in [0, 0.1) is 23.7 Å². The molecular weight excluding hydrogens is 168 g/mol. The molecule has 0 saturated heterocycles. The minimum Gasteiger partial charge on any atom is -0.115 e. The average Bonchev–Trinajstić information content (AvgIpc) is 2.85. The lowest BCUT2D eigenvalue weighted by Gasteiger charge is -2.08. The Kier molecular flexibility index (Phi) is 3.21. The predicted octanol–water partition coefficient (Wildman–Crippen LogP) is 3.95. The maximum absolute atomic E-state index is 5.44. The van der Waals surface area contributed by atoms with Crippen LogP contribution in [0.1, 0.15) is 40.5 Å². The standard InChI is InChI=1S/C14H20/c1-6-13(11(2)3)8-7-12(4)14(5)9-10-14/h1,7-8,11H,9-10H2,2-5H3. The number of hydrogen-bond donors (Lipinski definition) is 0. The molecule has 0 atom stereocenters. The molecule has 0 N–H and O–H groups in total.